The molecule has 0 aromatic heterocycles. The molecule has 0 bridgehead atoms. The van der Waals surface area contributed by atoms with Crippen molar-refractivity contribution in [3.8, 4) is 0 Å². The van der Waals surface area contributed by atoms with Gasteiger partial charge < -0.3 is 5.32 Å². The largest absolute Gasteiger partial charge is 0.417 e. The van der Waals surface area contributed by atoms with Crippen LogP contribution >= 0.6 is 15.9 Å². The van der Waals surface area contributed by atoms with Gasteiger partial charge in [-0.2, -0.15) is 13.2 Å². The van der Waals surface area contributed by atoms with Crippen molar-refractivity contribution in [1.29, 1.82) is 0 Å². The molecule has 0 saturated heterocycles. The van der Waals surface area contributed by atoms with Crippen molar-refractivity contribution in [1.82, 2.24) is 5.32 Å². The van der Waals surface area contributed by atoms with Gasteiger partial charge in [0.1, 0.15) is 0 Å². The van der Waals surface area contributed by atoms with E-state index >= 15 is 0 Å². The third kappa shape index (κ3) is 2.71. The molecule has 0 radical (unpaired) electrons. The molecule has 2 nitrogen and oxygen atoms in total. The molecule has 0 aliphatic heterocycles. The van der Waals surface area contributed by atoms with Gasteiger partial charge in [0.25, 0.3) is 5.91 Å². The van der Waals surface area contributed by atoms with Crippen molar-refractivity contribution < 1.29 is 18.0 Å². The lowest BCUT2D eigenvalue weighted by Crippen LogP contribution is -2.18. The maximum Gasteiger partial charge on any atom is 0.417 e. The second-order valence-electron chi connectivity index (χ2n) is 2.77. The normalized spacial score (nSPS) is 11.3. The molecule has 1 N–H and O–H groups in total. The average Bonchev–Trinajstić information content (AvgIpc) is 2.14. The summed E-state index contributed by atoms with van der Waals surface area (Å²) in [6.07, 6.45) is -4.42. The van der Waals surface area contributed by atoms with Gasteiger partial charge in [0.05, 0.1) is 5.56 Å². The lowest BCUT2D eigenvalue weighted by Gasteiger charge is -2.09. The van der Waals surface area contributed by atoms with Gasteiger partial charge >= 0.3 is 6.18 Å². The molecule has 0 spiro atoms. The van der Waals surface area contributed by atoms with E-state index in [1.165, 1.54) is 7.05 Å². The first-order valence-corrected chi connectivity index (χ1v) is 4.74. The van der Waals surface area contributed by atoms with Crippen LogP contribution < -0.4 is 5.32 Å². The maximum absolute atomic E-state index is 12.3. The van der Waals surface area contributed by atoms with E-state index in [2.05, 4.69) is 21.2 Å². The zero-order chi connectivity index (χ0) is 11.6. The standard InChI is InChI=1S/C9H7BrF3NO/c1-14-8(15)5-2-3-6(7(10)4-5)9(11,12)13/h2-4H,1H3,(H,14,15). The van der Waals surface area contributed by atoms with Crippen molar-refractivity contribution in [2.24, 2.45) is 0 Å². The molecule has 0 aliphatic rings. The van der Waals surface area contributed by atoms with Gasteiger partial charge in [0, 0.05) is 17.1 Å². The summed E-state index contributed by atoms with van der Waals surface area (Å²) in [5.41, 5.74) is -0.618. The molecule has 1 rings (SSSR count). The minimum Gasteiger partial charge on any atom is -0.355 e. The van der Waals surface area contributed by atoms with Gasteiger partial charge in [-0.3, -0.25) is 4.79 Å². The highest BCUT2D eigenvalue weighted by Crippen LogP contribution is 2.35. The SMILES string of the molecule is CNC(=O)c1ccc(C(F)(F)F)c(Br)c1. The summed E-state index contributed by atoms with van der Waals surface area (Å²) in [4.78, 5) is 11.1. The van der Waals surface area contributed by atoms with Gasteiger partial charge in [0.15, 0.2) is 0 Å². The zero-order valence-electron chi connectivity index (χ0n) is 7.65. The third-order valence-corrected chi connectivity index (χ3v) is 2.42. The Labute approximate surface area is 92.6 Å². The number of nitrogens with one attached hydrogen (secondary N) is 1. The second kappa shape index (κ2) is 4.22. The van der Waals surface area contributed by atoms with E-state index in [0.717, 1.165) is 18.2 Å². The van der Waals surface area contributed by atoms with Crippen molar-refractivity contribution in [2.75, 3.05) is 7.05 Å². The Hall–Kier alpha value is -1.04. The van der Waals surface area contributed by atoms with Gasteiger partial charge in [0.2, 0.25) is 0 Å². The van der Waals surface area contributed by atoms with Gasteiger partial charge in [-0.15, -0.1) is 0 Å². The molecule has 0 unspecified atom stereocenters. The fraction of sp³-hybridized carbons (Fsp3) is 0.222. The molecule has 0 saturated carbocycles. The third-order valence-electron chi connectivity index (χ3n) is 1.76. The highest BCUT2D eigenvalue weighted by molar-refractivity contribution is 9.10. The smallest absolute Gasteiger partial charge is 0.355 e. The number of alkyl halides is 3. The summed E-state index contributed by atoms with van der Waals surface area (Å²) >= 11 is 2.78. The first-order chi connectivity index (χ1) is 6.86. The van der Waals surface area contributed by atoms with E-state index in [-0.39, 0.29) is 10.0 Å². The van der Waals surface area contributed by atoms with E-state index in [0.29, 0.717) is 0 Å². The summed E-state index contributed by atoms with van der Waals surface area (Å²) in [7, 11) is 1.41. The summed E-state index contributed by atoms with van der Waals surface area (Å²) < 4.78 is 36.9. The lowest BCUT2D eigenvalue weighted by molar-refractivity contribution is -0.138. The Kier molecular flexibility index (Phi) is 3.38. The minimum absolute atomic E-state index is 0.142. The zero-order valence-corrected chi connectivity index (χ0v) is 9.24. The molecule has 1 amide bonds. The molecular formula is C9H7BrF3NO. The maximum atomic E-state index is 12.3. The Balaban J connectivity index is 3.15. The lowest BCUT2D eigenvalue weighted by atomic mass is 10.1. The summed E-state index contributed by atoms with van der Waals surface area (Å²) in [6.45, 7) is 0. The quantitative estimate of drug-likeness (QED) is 0.843. The number of rotatable bonds is 1. The van der Waals surface area contributed by atoms with Crippen LogP contribution in [-0.4, -0.2) is 13.0 Å². The number of carbonyl (C=O) groups excluding carboxylic acids is 1. The minimum atomic E-state index is -4.42. The van der Waals surface area contributed by atoms with Gasteiger partial charge in [-0.1, -0.05) is 15.9 Å². The summed E-state index contributed by atoms with van der Waals surface area (Å²) in [5.74, 6) is -0.426. The van der Waals surface area contributed by atoms with E-state index < -0.39 is 17.6 Å². The van der Waals surface area contributed by atoms with E-state index in [4.69, 9.17) is 0 Å². The summed E-state index contributed by atoms with van der Waals surface area (Å²) in [5, 5.41) is 2.33. The van der Waals surface area contributed by atoms with E-state index in [1.54, 1.807) is 0 Å². The predicted molar refractivity (Wildman–Crippen MR) is 52.5 cm³/mol. The molecule has 6 heteroatoms. The van der Waals surface area contributed by atoms with Gasteiger partial charge in [-0.25, -0.2) is 0 Å². The van der Waals surface area contributed by atoms with Crippen LogP contribution in [0.25, 0.3) is 0 Å². The van der Waals surface area contributed by atoms with Crippen molar-refractivity contribution in [3.05, 3.63) is 33.8 Å². The monoisotopic (exact) mass is 281 g/mol. The number of carbonyl (C=O) groups is 1. The molecular weight excluding hydrogens is 275 g/mol. The average molecular weight is 282 g/mol. The van der Waals surface area contributed by atoms with Crippen LogP contribution in [0.1, 0.15) is 15.9 Å². The molecule has 0 heterocycles. The number of hydrogen-bond donors (Lipinski definition) is 1. The Morgan fingerprint density at radius 3 is 2.40 bits per heavy atom. The van der Waals surface area contributed by atoms with Crippen LogP contribution in [0.15, 0.2) is 22.7 Å². The van der Waals surface area contributed by atoms with Gasteiger partial charge in [-0.05, 0) is 18.2 Å². The number of halogens is 4. The first-order valence-electron chi connectivity index (χ1n) is 3.95. The van der Waals surface area contributed by atoms with E-state index in [9.17, 15) is 18.0 Å². The molecule has 0 aliphatic carbocycles. The molecule has 0 atom stereocenters. The van der Waals surface area contributed by atoms with Crippen LogP contribution in [0.3, 0.4) is 0 Å². The Morgan fingerprint density at radius 1 is 1.40 bits per heavy atom. The first kappa shape index (κ1) is 12.0. The fourth-order valence-corrected chi connectivity index (χ4v) is 1.63. The predicted octanol–water partition coefficient (Wildman–Crippen LogP) is 2.83. The van der Waals surface area contributed by atoms with Crippen LogP contribution in [0.5, 0.6) is 0 Å². The summed E-state index contributed by atoms with van der Waals surface area (Å²) in [6, 6.07) is 3.14. The van der Waals surface area contributed by atoms with Crippen LogP contribution in [0, 0.1) is 0 Å². The molecule has 1 aromatic carbocycles. The number of hydrogen-bond acceptors (Lipinski definition) is 1. The van der Waals surface area contributed by atoms with E-state index in [1.807, 2.05) is 0 Å². The molecule has 82 valence electrons. The molecule has 15 heavy (non-hydrogen) atoms. The highest BCUT2D eigenvalue weighted by atomic mass is 79.9. The van der Waals surface area contributed by atoms with Crippen LogP contribution in [0.2, 0.25) is 0 Å². The highest BCUT2D eigenvalue weighted by Gasteiger charge is 2.33. The number of benzene rings is 1. The van der Waals surface area contributed by atoms with Crippen LogP contribution in [-0.2, 0) is 6.18 Å². The fourth-order valence-electron chi connectivity index (χ4n) is 1.03. The Morgan fingerprint density at radius 2 is 2.00 bits per heavy atom. The Bertz CT molecular complexity index is 389. The second-order valence-corrected chi connectivity index (χ2v) is 3.63. The molecule has 0 fully saturated rings. The van der Waals surface area contributed by atoms with Crippen LogP contribution in [0.4, 0.5) is 13.2 Å². The topological polar surface area (TPSA) is 29.1 Å². The number of amides is 1. The van der Waals surface area contributed by atoms with Crippen molar-refractivity contribution >= 4 is 21.8 Å². The van der Waals surface area contributed by atoms with Crippen molar-refractivity contribution in [3.63, 3.8) is 0 Å². The molecule has 1 aromatic rings. The van der Waals surface area contributed by atoms with Crippen molar-refractivity contribution in [2.45, 2.75) is 6.18 Å².